The smallest absolute Gasteiger partial charge is 0.242 e. The first kappa shape index (κ1) is 25.1. The number of nitrogens with zero attached hydrogens (tertiary/aromatic N) is 5. The van der Waals surface area contributed by atoms with E-state index in [2.05, 4.69) is 46.3 Å². The number of hydrogen-bond donors (Lipinski definition) is 1. The van der Waals surface area contributed by atoms with Crippen molar-refractivity contribution in [3.8, 4) is 0 Å². The molecule has 0 aliphatic carbocycles. The van der Waals surface area contributed by atoms with E-state index in [4.69, 9.17) is 4.99 Å². The van der Waals surface area contributed by atoms with Crippen LogP contribution in [0.3, 0.4) is 0 Å². The molecule has 1 aliphatic heterocycles. The average molecular weight is 431 g/mol. The van der Waals surface area contributed by atoms with E-state index in [0.717, 1.165) is 51.8 Å². The van der Waals surface area contributed by atoms with Crippen LogP contribution in [0.25, 0.3) is 0 Å². The molecule has 0 aromatic heterocycles. The van der Waals surface area contributed by atoms with Crippen molar-refractivity contribution in [1.82, 2.24) is 24.9 Å². The maximum atomic E-state index is 12.4. The summed E-state index contributed by atoms with van der Waals surface area (Å²) in [4.78, 5) is 26.0. The average Bonchev–Trinajstić information content (AvgIpc) is 2.79. The zero-order valence-corrected chi connectivity index (χ0v) is 20.2. The molecule has 1 saturated heterocycles. The molecule has 1 amide bonds. The molecule has 0 spiro atoms. The zero-order valence-electron chi connectivity index (χ0n) is 20.2. The number of piperazine rings is 1. The Balaban J connectivity index is 1.91. The van der Waals surface area contributed by atoms with Crippen LogP contribution in [-0.4, -0.2) is 97.4 Å². The van der Waals surface area contributed by atoms with Crippen LogP contribution in [0.1, 0.15) is 38.8 Å². The fourth-order valence-corrected chi connectivity index (χ4v) is 3.86. The van der Waals surface area contributed by atoms with Gasteiger partial charge in [0.25, 0.3) is 0 Å². The highest BCUT2D eigenvalue weighted by atomic mass is 16.2. The summed E-state index contributed by atoms with van der Waals surface area (Å²) in [6, 6.07) is 8.78. The third kappa shape index (κ3) is 8.15. The number of likely N-dealkylation sites (N-methyl/N-ethyl adjacent to an activating group) is 3. The molecular weight excluding hydrogens is 388 g/mol. The minimum Gasteiger partial charge on any atom is -0.357 e. The quantitative estimate of drug-likeness (QED) is 0.455. The molecule has 1 aliphatic rings. The molecule has 2 rings (SSSR count). The molecule has 31 heavy (non-hydrogen) atoms. The number of amides is 1. The van der Waals surface area contributed by atoms with Crippen molar-refractivity contribution in [2.75, 3.05) is 66.0 Å². The van der Waals surface area contributed by atoms with Crippen molar-refractivity contribution >= 4 is 11.9 Å². The lowest BCUT2D eigenvalue weighted by molar-refractivity contribution is -0.131. The molecular formula is C24H42N6O. The Bertz CT molecular complexity index is 678. The summed E-state index contributed by atoms with van der Waals surface area (Å²) in [5, 5.41) is 3.30. The lowest BCUT2D eigenvalue weighted by atomic mass is 10.1. The van der Waals surface area contributed by atoms with Gasteiger partial charge < -0.3 is 20.0 Å². The second-order valence-electron chi connectivity index (χ2n) is 8.12. The molecule has 174 valence electrons. The van der Waals surface area contributed by atoms with Crippen molar-refractivity contribution < 1.29 is 4.79 Å². The van der Waals surface area contributed by atoms with Crippen molar-refractivity contribution in [3.05, 3.63) is 35.4 Å². The summed E-state index contributed by atoms with van der Waals surface area (Å²) in [6.07, 6.45) is 0. The first-order valence-electron chi connectivity index (χ1n) is 11.8. The van der Waals surface area contributed by atoms with Crippen LogP contribution in [0.4, 0.5) is 0 Å². The highest BCUT2D eigenvalue weighted by molar-refractivity contribution is 5.86. The molecule has 0 saturated carbocycles. The Kier molecular flexibility index (Phi) is 10.8. The van der Waals surface area contributed by atoms with Crippen LogP contribution in [0.2, 0.25) is 0 Å². The van der Waals surface area contributed by atoms with Gasteiger partial charge in [0.15, 0.2) is 5.96 Å². The number of carbonyl (C=O) groups excluding carboxylic acids is 1. The molecule has 0 unspecified atom stereocenters. The zero-order chi connectivity index (χ0) is 22.6. The Hall–Kier alpha value is -2.12. The lowest BCUT2D eigenvalue weighted by Crippen LogP contribution is -2.45. The Morgan fingerprint density at radius 2 is 1.55 bits per heavy atom. The van der Waals surface area contributed by atoms with Crippen LogP contribution in [0.5, 0.6) is 0 Å². The van der Waals surface area contributed by atoms with E-state index in [1.165, 1.54) is 24.2 Å². The van der Waals surface area contributed by atoms with Gasteiger partial charge in [-0.3, -0.25) is 9.69 Å². The molecule has 0 atom stereocenters. The summed E-state index contributed by atoms with van der Waals surface area (Å²) in [7, 11) is 1.92. The number of hydrogen-bond acceptors (Lipinski definition) is 4. The van der Waals surface area contributed by atoms with Gasteiger partial charge in [0, 0.05) is 59.4 Å². The largest absolute Gasteiger partial charge is 0.357 e. The topological polar surface area (TPSA) is 54.4 Å². The Morgan fingerprint density at radius 1 is 0.968 bits per heavy atom. The van der Waals surface area contributed by atoms with E-state index in [1.54, 1.807) is 0 Å². The van der Waals surface area contributed by atoms with Gasteiger partial charge in [-0.1, -0.05) is 31.2 Å². The van der Waals surface area contributed by atoms with Crippen LogP contribution >= 0.6 is 0 Å². The molecule has 1 aromatic rings. The van der Waals surface area contributed by atoms with Gasteiger partial charge in [-0.05, 0) is 38.4 Å². The van der Waals surface area contributed by atoms with Gasteiger partial charge in [0.1, 0.15) is 0 Å². The minimum atomic E-state index is 0.127. The number of carbonyl (C=O) groups is 1. The normalized spacial score (nSPS) is 15.7. The Labute approximate surface area is 189 Å². The molecule has 7 nitrogen and oxygen atoms in total. The third-order valence-corrected chi connectivity index (χ3v) is 5.94. The van der Waals surface area contributed by atoms with E-state index >= 15 is 0 Å². The van der Waals surface area contributed by atoms with Crippen LogP contribution in [0.15, 0.2) is 29.3 Å². The van der Waals surface area contributed by atoms with Gasteiger partial charge in [-0.15, -0.1) is 0 Å². The molecule has 7 heteroatoms. The SMILES string of the molecule is CCNC(=NCc1ccc(CN2CCN(CC)CC2)cc1)N(C)CC(=O)N(CC)CC. The predicted octanol–water partition coefficient (Wildman–Crippen LogP) is 2.09. The first-order valence-corrected chi connectivity index (χ1v) is 11.8. The molecule has 1 fully saturated rings. The van der Waals surface area contributed by atoms with Crippen LogP contribution in [-0.2, 0) is 17.9 Å². The van der Waals surface area contributed by atoms with Gasteiger partial charge >= 0.3 is 0 Å². The van der Waals surface area contributed by atoms with Gasteiger partial charge in [-0.2, -0.15) is 0 Å². The van der Waals surface area contributed by atoms with Crippen molar-refractivity contribution in [3.63, 3.8) is 0 Å². The minimum absolute atomic E-state index is 0.127. The summed E-state index contributed by atoms with van der Waals surface area (Å²) >= 11 is 0. The van der Waals surface area contributed by atoms with Gasteiger partial charge in [0.2, 0.25) is 5.91 Å². The van der Waals surface area contributed by atoms with Crippen molar-refractivity contribution in [2.45, 2.75) is 40.8 Å². The monoisotopic (exact) mass is 430 g/mol. The summed E-state index contributed by atoms with van der Waals surface area (Å²) in [5.41, 5.74) is 2.53. The van der Waals surface area contributed by atoms with Crippen molar-refractivity contribution in [1.29, 1.82) is 0 Å². The van der Waals surface area contributed by atoms with Crippen LogP contribution < -0.4 is 5.32 Å². The number of nitrogens with one attached hydrogen (secondary N) is 1. The highest BCUT2D eigenvalue weighted by Crippen LogP contribution is 2.11. The van der Waals surface area contributed by atoms with E-state index in [1.807, 2.05) is 37.6 Å². The molecule has 1 N–H and O–H groups in total. The van der Waals surface area contributed by atoms with Crippen LogP contribution in [0, 0.1) is 0 Å². The van der Waals surface area contributed by atoms with E-state index in [-0.39, 0.29) is 5.91 Å². The van der Waals surface area contributed by atoms with Gasteiger partial charge in [-0.25, -0.2) is 4.99 Å². The summed E-state index contributed by atoms with van der Waals surface area (Å²) in [6.45, 7) is 18.3. The van der Waals surface area contributed by atoms with E-state index < -0.39 is 0 Å². The summed E-state index contributed by atoms with van der Waals surface area (Å²) in [5.74, 6) is 0.892. The first-order chi connectivity index (χ1) is 15.0. The number of benzene rings is 1. The fraction of sp³-hybridized carbons (Fsp3) is 0.667. The predicted molar refractivity (Wildman–Crippen MR) is 129 cm³/mol. The summed E-state index contributed by atoms with van der Waals surface area (Å²) < 4.78 is 0. The third-order valence-electron chi connectivity index (χ3n) is 5.94. The van der Waals surface area contributed by atoms with Crippen molar-refractivity contribution in [2.24, 2.45) is 4.99 Å². The number of aliphatic imine (C=N–C) groups is 1. The number of guanidine groups is 1. The molecule has 0 radical (unpaired) electrons. The Morgan fingerprint density at radius 3 is 2.10 bits per heavy atom. The maximum absolute atomic E-state index is 12.4. The molecule has 0 bridgehead atoms. The second-order valence-corrected chi connectivity index (χ2v) is 8.12. The highest BCUT2D eigenvalue weighted by Gasteiger charge is 2.16. The number of rotatable bonds is 10. The standard InChI is InChI=1S/C24H42N6O/c1-6-25-24(27(5)20-23(31)30(8-3)9-4)26-18-21-10-12-22(13-11-21)19-29-16-14-28(7-2)15-17-29/h10-13H,6-9,14-20H2,1-5H3,(H,25,26). The molecule has 1 aromatic carbocycles. The second kappa shape index (κ2) is 13.3. The fourth-order valence-electron chi connectivity index (χ4n) is 3.86. The lowest BCUT2D eigenvalue weighted by Gasteiger charge is -2.34. The maximum Gasteiger partial charge on any atom is 0.242 e. The van der Waals surface area contributed by atoms with E-state index in [9.17, 15) is 4.79 Å². The van der Waals surface area contributed by atoms with E-state index in [0.29, 0.717) is 13.1 Å². The van der Waals surface area contributed by atoms with Gasteiger partial charge in [0.05, 0.1) is 13.1 Å². The molecule has 1 heterocycles.